The SMILES string of the molecule is NC1=N/C(=C/CCNC(=O)c2cc(Br)c(Br)[nH]2)C(=O)N1. The summed E-state index contributed by atoms with van der Waals surface area (Å²) in [6.45, 7) is 0.388. The molecule has 2 amide bonds. The van der Waals surface area contributed by atoms with Gasteiger partial charge in [0.15, 0.2) is 0 Å². The maximum Gasteiger partial charge on any atom is 0.276 e. The van der Waals surface area contributed by atoms with Crippen LogP contribution in [-0.4, -0.2) is 29.3 Å². The minimum atomic E-state index is -0.328. The Labute approximate surface area is 131 Å². The molecule has 1 aromatic rings. The fourth-order valence-corrected chi connectivity index (χ4v) is 2.20. The second kappa shape index (κ2) is 6.23. The average Bonchev–Trinajstić information content (AvgIpc) is 2.88. The number of halogens is 2. The molecule has 0 fully saturated rings. The number of nitrogens with two attached hydrogens (primary N) is 1. The van der Waals surface area contributed by atoms with E-state index in [2.05, 4.69) is 52.5 Å². The van der Waals surface area contributed by atoms with Gasteiger partial charge >= 0.3 is 0 Å². The van der Waals surface area contributed by atoms with E-state index in [1.807, 2.05) is 0 Å². The number of hydrogen-bond acceptors (Lipinski definition) is 4. The first kappa shape index (κ1) is 14.8. The van der Waals surface area contributed by atoms with Crippen LogP contribution in [0.15, 0.2) is 31.9 Å². The minimum Gasteiger partial charge on any atom is -0.369 e. The maximum atomic E-state index is 11.8. The molecule has 0 atom stereocenters. The Morgan fingerprint density at radius 1 is 1.50 bits per heavy atom. The third-order valence-corrected chi connectivity index (χ3v) is 4.24. The molecule has 0 spiro atoms. The first-order valence-electron chi connectivity index (χ1n) is 5.65. The average molecular weight is 405 g/mol. The predicted molar refractivity (Wildman–Crippen MR) is 81.0 cm³/mol. The van der Waals surface area contributed by atoms with Crippen LogP contribution in [0.4, 0.5) is 0 Å². The Morgan fingerprint density at radius 3 is 2.80 bits per heavy atom. The molecule has 9 heteroatoms. The molecule has 5 N–H and O–H groups in total. The van der Waals surface area contributed by atoms with Crippen molar-refractivity contribution >= 4 is 49.6 Å². The fourth-order valence-electron chi connectivity index (χ4n) is 1.54. The van der Waals surface area contributed by atoms with E-state index in [4.69, 9.17) is 5.73 Å². The quantitative estimate of drug-likeness (QED) is 0.443. The molecule has 0 aliphatic carbocycles. The van der Waals surface area contributed by atoms with Crippen LogP contribution in [-0.2, 0) is 4.79 Å². The number of carbonyl (C=O) groups excluding carboxylic acids is 2. The van der Waals surface area contributed by atoms with E-state index in [1.54, 1.807) is 12.1 Å². The number of hydrogen-bond donors (Lipinski definition) is 4. The van der Waals surface area contributed by atoms with Crippen molar-refractivity contribution in [2.75, 3.05) is 6.54 Å². The molecule has 0 unspecified atom stereocenters. The molecule has 7 nitrogen and oxygen atoms in total. The first-order chi connectivity index (χ1) is 9.47. The Hall–Kier alpha value is -1.61. The van der Waals surface area contributed by atoms with Crippen molar-refractivity contribution in [2.24, 2.45) is 10.7 Å². The zero-order valence-corrected chi connectivity index (χ0v) is 13.3. The molecule has 20 heavy (non-hydrogen) atoms. The van der Waals surface area contributed by atoms with Gasteiger partial charge in [-0.2, -0.15) is 0 Å². The second-order valence-electron chi connectivity index (χ2n) is 3.93. The largest absolute Gasteiger partial charge is 0.369 e. The molecule has 1 aliphatic rings. The molecule has 106 valence electrons. The Morgan fingerprint density at radius 2 is 2.25 bits per heavy atom. The second-order valence-corrected chi connectivity index (χ2v) is 5.58. The third-order valence-electron chi connectivity index (χ3n) is 2.45. The number of nitrogens with zero attached hydrogens (tertiary/aromatic N) is 1. The fraction of sp³-hybridized carbons (Fsp3) is 0.182. The van der Waals surface area contributed by atoms with E-state index < -0.39 is 0 Å². The number of carbonyl (C=O) groups is 2. The van der Waals surface area contributed by atoms with Crippen LogP contribution in [0.2, 0.25) is 0 Å². The van der Waals surface area contributed by atoms with Crippen molar-refractivity contribution < 1.29 is 9.59 Å². The van der Waals surface area contributed by atoms with Crippen molar-refractivity contribution in [3.8, 4) is 0 Å². The van der Waals surface area contributed by atoms with Gasteiger partial charge in [-0.1, -0.05) is 6.08 Å². The molecule has 1 aliphatic heterocycles. The summed E-state index contributed by atoms with van der Waals surface area (Å²) in [5, 5.41) is 5.09. The van der Waals surface area contributed by atoms with Crippen molar-refractivity contribution in [1.82, 2.24) is 15.6 Å². The van der Waals surface area contributed by atoms with Crippen LogP contribution in [0.5, 0.6) is 0 Å². The molecule has 0 radical (unpaired) electrons. The van der Waals surface area contributed by atoms with E-state index in [-0.39, 0.29) is 23.5 Å². The molecule has 0 bridgehead atoms. The van der Waals surface area contributed by atoms with Crippen molar-refractivity contribution in [3.05, 3.63) is 32.6 Å². The van der Waals surface area contributed by atoms with Crippen LogP contribution in [0.1, 0.15) is 16.9 Å². The Kier molecular flexibility index (Phi) is 4.61. The summed E-state index contributed by atoms with van der Waals surface area (Å²) < 4.78 is 1.48. The zero-order chi connectivity index (χ0) is 14.7. The summed E-state index contributed by atoms with van der Waals surface area (Å²) in [6, 6.07) is 1.67. The van der Waals surface area contributed by atoms with Gasteiger partial charge in [0.2, 0.25) is 5.96 Å². The lowest BCUT2D eigenvalue weighted by molar-refractivity contribution is -0.115. The Bertz CT molecular complexity index is 601. The number of nitrogens with one attached hydrogen (secondary N) is 3. The number of aromatic amines is 1. The van der Waals surface area contributed by atoms with E-state index >= 15 is 0 Å². The van der Waals surface area contributed by atoms with E-state index in [0.717, 1.165) is 4.47 Å². The topological polar surface area (TPSA) is 112 Å². The van der Waals surface area contributed by atoms with Gasteiger partial charge in [0.25, 0.3) is 11.8 Å². The minimum absolute atomic E-state index is 0.0892. The predicted octanol–water partition coefficient (Wildman–Crippen LogP) is 0.988. The maximum absolute atomic E-state index is 11.8. The number of aromatic nitrogens is 1. The standard InChI is InChI=1S/C11H11Br2N5O2/c12-5-4-7(16-8(5)13)9(19)15-3-1-2-6-10(20)18-11(14)17-6/h2,4,16H,1,3H2,(H,15,19)(H3,14,17,18,20)/b6-2+. The number of rotatable bonds is 4. The number of H-pyrrole nitrogens is 1. The van der Waals surface area contributed by atoms with Gasteiger partial charge in [0.05, 0.1) is 9.08 Å². The monoisotopic (exact) mass is 403 g/mol. The highest BCUT2D eigenvalue weighted by molar-refractivity contribution is 9.13. The number of guanidine groups is 1. The highest BCUT2D eigenvalue weighted by atomic mass is 79.9. The molecule has 2 rings (SSSR count). The molecule has 1 aromatic heterocycles. The molecule has 0 saturated heterocycles. The number of aliphatic imine (C=N–C) groups is 1. The molecular formula is C11H11Br2N5O2. The van der Waals surface area contributed by atoms with Crippen molar-refractivity contribution in [3.63, 3.8) is 0 Å². The van der Waals surface area contributed by atoms with E-state index in [9.17, 15) is 9.59 Å². The number of amides is 2. The van der Waals surface area contributed by atoms with Crippen LogP contribution >= 0.6 is 31.9 Å². The summed E-state index contributed by atoms with van der Waals surface area (Å²) >= 11 is 6.54. The summed E-state index contributed by atoms with van der Waals surface area (Å²) in [5.74, 6) is -0.467. The molecule has 0 aromatic carbocycles. The van der Waals surface area contributed by atoms with Gasteiger partial charge < -0.3 is 16.0 Å². The zero-order valence-electron chi connectivity index (χ0n) is 10.2. The highest BCUT2D eigenvalue weighted by Crippen LogP contribution is 2.22. The Balaban J connectivity index is 1.83. The van der Waals surface area contributed by atoms with Crippen LogP contribution in [0, 0.1) is 0 Å². The highest BCUT2D eigenvalue weighted by Gasteiger charge is 2.16. The van der Waals surface area contributed by atoms with Gasteiger partial charge in [-0.15, -0.1) is 0 Å². The molecular weight excluding hydrogens is 394 g/mol. The molecule has 0 saturated carbocycles. The van der Waals surface area contributed by atoms with Gasteiger partial charge in [-0.05, 0) is 44.3 Å². The summed E-state index contributed by atoms with van der Waals surface area (Å²) in [6.07, 6.45) is 2.10. The summed E-state index contributed by atoms with van der Waals surface area (Å²) in [4.78, 5) is 29.8. The smallest absolute Gasteiger partial charge is 0.276 e. The van der Waals surface area contributed by atoms with Gasteiger partial charge in [-0.25, -0.2) is 4.99 Å². The van der Waals surface area contributed by atoms with Crippen molar-refractivity contribution in [2.45, 2.75) is 6.42 Å². The van der Waals surface area contributed by atoms with Gasteiger partial charge in [0.1, 0.15) is 11.4 Å². The summed E-state index contributed by atoms with van der Waals surface area (Å²) in [5.41, 5.74) is 6.06. The first-order valence-corrected chi connectivity index (χ1v) is 7.24. The van der Waals surface area contributed by atoms with Crippen LogP contribution in [0.3, 0.4) is 0 Å². The van der Waals surface area contributed by atoms with E-state index in [0.29, 0.717) is 23.3 Å². The lowest BCUT2D eigenvalue weighted by Crippen LogP contribution is -2.30. The normalized spacial score (nSPS) is 16.2. The van der Waals surface area contributed by atoms with Crippen LogP contribution in [0.25, 0.3) is 0 Å². The lowest BCUT2D eigenvalue weighted by atomic mass is 10.3. The van der Waals surface area contributed by atoms with Crippen LogP contribution < -0.4 is 16.4 Å². The van der Waals surface area contributed by atoms with Gasteiger partial charge in [-0.3, -0.25) is 14.9 Å². The lowest BCUT2D eigenvalue weighted by Gasteiger charge is -2.01. The third kappa shape index (κ3) is 3.48. The molecule has 2 heterocycles. The summed E-state index contributed by atoms with van der Waals surface area (Å²) in [7, 11) is 0. The van der Waals surface area contributed by atoms with Gasteiger partial charge in [0, 0.05) is 6.54 Å². The van der Waals surface area contributed by atoms with E-state index in [1.165, 1.54) is 0 Å². The van der Waals surface area contributed by atoms with Crippen molar-refractivity contribution in [1.29, 1.82) is 0 Å².